The third-order valence-corrected chi connectivity index (χ3v) is 9.50. The third kappa shape index (κ3) is 2.55. The molecule has 3 fully saturated rings. The Morgan fingerprint density at radius 2 is 1.75 bits per heavy atom. The minimum Gasteiger partial charge on any atom is -0.299 e. The molecule has 2 nitrogen and oxygen atoms in total. The summed E-state index contributed by atoms with van der Waals surface area (Å²) in [5.41, 5.74) is 1.22. The van der Waals surface area contributed by atoms with Gasteiger partial charge in [-0.2, -0.15) is 0 Å². The summed E-state index contributed by atoms with van der Waals surface area (Å²) in [6, 6.07) is 10.3. The van der Waals surface area contributed by atoms with Crippen LogP contribution in [-0.2, 0) is 9.59 Å². The summed E-state index contributed by atoms with van der Waals surface area (Å²) < 4.78 is 0. The van der Waals surface area contributed by atoms with Crippen LogP contribution in [0.25, 0.3) is 0 Å². The lowest BCUT2D eigenvalue weighted by molar-refractivity contribution is -0.131. The average molecular weight is 393 g/mol. The van der Waals surface area contributed by atoms with Gasteiger partial charge in [0.2, 0.25) is 0 Å². The lowest BCUT2D eigenvalue weighted by atomic mass is 9.48. The predicted molar refractivity (Wildman–Crippen MR) is 113 cm³/mol. The highest BCUT2D eigenvalue weighted by atomic mass is 32.2. The maximum absolute atomic E-state index is 12.8. The molecule has 0 aromatic heterocycles. The molecule has 0 bridgehead atoms. The van der Waals surface area contributed by atoms with Crippen LogP contribution in [0.4, 0.5) is 0 Å². The number of benzene rings is 1. The lowest BCUT2D eigenvalue weighted by Gasteiger charge is -2.56. The summed E-state index contributed by atoms with van der Waals surface area (Å²) in [6.07, 6.45) is 10.1. The van der Waals surface area contributed by atoms with Gasteiger partial charge in [-0.1, -0.05) is 49.9 Å². The van der Waals surface area contributed by atoms with Crippen LogP contribution in [0.3, 0.4) is 0 Å². The first-order valence-corrected chi connectivity index (χ1v) is 11.5. The maximum atomic E-state index is 12.8. The standard InChI is InChI=1S/C25H28O2S/c1-24-15-13-21(26)23(28-16-6-4-3-5-7-16)20(24)9-8-17-18-10-11-22(27)25(18,2)14-12-19(17)24/h3-7,13,15,17-19H,8-12,14H2,1-2H3/t17-,18-,19-,24+,25-/m0/s1. The molecule has 146 valence electrons. The topological polar surface area (TPSA) is 34.1 Å². The van der Waals surface area contributed by atoms with Crippen LogP contribution in [0.5, 0.6) is 0 Å². The molecular formula is C25H28O2S. The second kappa shape index (κ2) is 6.45. The van der Waals surface area contributed by atoms with Gasteiger partial charge in [-0.05, 0) is 73.6 Å². The van der Waals surface area contributed by atoms with E-state index in [1.54, 1.807) is 11.8 Å². The van der Waals surface area contributed by atoms with Crippen LogP contribution in [0.1, 0.15) is 52.4 Å². The van der Waals surface area contributed by atoms with Crippen molar-refractivity contribution < 1.29 is 9.59 Å². The first-order valence-electron chi connectivity index (χ1n) is 10.7. The zero-order chi connectivity index (χ0) is 19.5. The molecule has 1 aromatic carbocycles. The van der Waals surface area contributed by atoms with Crippen LogP contribution < -0.4 is 0 Å². The van der Waals surface area contributed by atoms with Gasteiger partial charge in [0, 0.05) is 22.1 Å². The summed E-state index contributed by atoms with van der Waals surface area (Å²) in [5.74, 6) is 2.36. The molecule has 5 rings (SSSR count). The van der Waals surface area contributed by atoms with Gasteiger partial charge in [0.25, 0.3) is 0 Å². The zero-order valence-electron chi connectivity index (χ0n) is 16.7. The van der Waals surface area contributed by atoms with Gasteiger partial charge in [0.05, 0.1) is 4.91 Å². The molecule has 0 aliphatic heterocycles. The molecule has 0 N–H and O–H groups in total. The molecule has 4 aliphatic rings. The molecule has 0 unspecified atom stereocenters. The Bertz CT molecular complexity index is 898. The van der Waals surface area contributed by atoms with E-state index in [0.29, 0.717) is 23.5 Å². The first kappa shape index (κ1) is 18.4. The molecule has 3 heteroatoms. The van der Waals surface area contributed by atoms with Gasteiger partial charge in [-0.3, -0.25) is 9.59 Å². The van der Waals surface area contributed by atoms with Crippen molar-refractivity contribution >= 4 is 23.3 Å². The fourth-order valence-corrected chi connectivity index (χ4v) is 7.93. The molecule has 3 saturated carbocycles. The van der Waals surface area contributed by atoms with Gasteiger partial charge in [-0.25, -0.2) is 0 Å². The smallest absolute Gasteiger partial charge is 0.192 e. The number of fused-ring (bicyclic) bond motifs is 5. The van der Waals surface area contributed by atoms with E-state index in [0.717, 1.165) is 48.3 Å². The minimum atomic E-state index is -0.0887. The van der Waals surface area contributed by atoms with Crippen LogP contribution in [-0.4, -0.2) is 11.6 Å². The van der Waals surface area contributed by atoms with Crippen molar-refractivity contribution in [2.75, 3.05) is 0 Å². The van der Waals surface area contributed by atoms with E-state index in [2.05, 4.69) is 32.1 Å². The van der Waals surface area contributed by atoms with Gasteiger partial charge < -0.3 is 0 Å². The van der Waals surface area contributed by atoms with Crippen molar-refractivity contribution in [3.63, 3.8) is 0 Å². The second-order valence-corrected chi connectivity index (χ2v) is 10.6. The van der Waals surface area contributed by atoms with Crippen molar-refractivity contribution in [2.24, 2.45) is 28.6 Å². The Hall–Kier alpha value is -1.61. The molecule has 5 atom stereocenters. The van der Waals surface area contributed by atoms with Crippen LogP contribution in [0.15, 0.2) is 57.9 Å². The van der Waals surface area contributed by atoms with Crippen LogP contribution >= 0.6 is 11.8 Å². The normalized spacial score (nSPS) is 39.6. The summed E-state index contributed by atoms with van der Waals surface area (Å²) >= 11 is 1.64. The highest BCUT2D eigenvalue weighted by Gasteiger charge is 2.58. The number of allylic oxidation sites excluding steroid dienone is 4. The number of Topliss-reactive ketones (excluding diaryl/α,β-unsaturated/α-hetero) is 1. The highest BCUT2D eigenvalue weighted by Crippen LogP contribution is 2.64. The number of carbonyl (C=O) groups is 2. The van der Waals surface area contributed by atoms with Gasteiger partial charge >= 0.3 is 0 Å². The van der Waals surface area contributed by atoms with E-state index in [9.17, 15) is 9.59 Å². The Balaban J connectivity index is 1.52. The monoisotopic (exact) mass is 392 g/mol. The number of hydrogen-bond acceptors (Lipinski definition) is 3. The minimum absolute atomic E-state index is 0.0408. The molecule has 0 heterocycles. The molecule has 4 aliphatic carbocycles. The Morgan fingerprint density at radius 3 is 2.54 bits per heavy atom. The third-order valence-electron chi connectivity index (χ3n) is 8.34. The van der Waals surface area contributed by atoms with Crippen molar-refractivity contribution in [1.29, 1.82) is 0 Å². The van der Waals surface area contributed by atoms with Crippen molar-refractivity contribution in [3.8, 4) is 0 Å². The fraction of sp³-hybridized carbons (Fsp3) is 0.520. The molecule has 0 radical (unpaired) electrons. The Kier molecular flexibility index (Phi) is 4.24. The van der Waals surface area contributed by atoms with E-state index >= 15 is 0 Å². The number of hydrogen-bond donors (Lipinski definition) is 0. The average Bonchev–Trinajstić information content (AvgIpc) is 3.00. The van der Waals surface area contributed by atoms with Crippen molar-refractivity contribution in [2.45, 2.75) is 57.3 Å². The molecule has 0 amide bonds. The van der Waals surface area contributed by atoms with Crippen molar-refractivity contribution in [1.82, 2.24) is 0 Å². The summed E-state index contributed by atoms with van der Waals surface area (Å²) in [5, 5.41) is 0. The summed E-state index contributed by atoms with van der Waals surface area (Å²) in [7, 11) is 0. The lowest BCUT2D eigenvalue weighted by Crippen LogP contribution is -2.50. The molecule has 28 heavy (non-hydrogen) atoms. The molecule has 0 saturated heterocycles. The number of rotatable bonds is 2. The number of thioether (sulfide) groups is 1. The van der Waals surface area contributed by atoms with E-state index in [1.165, 1.54) is 5.57 Å². The zero-order valence-corrected chi connectivity index (χ0v) is 17.6. The summed E-state index contributed by atoms with van der Waals surface area (Å²) in [6.45, 7) is 4.58. The Labute approximate surface area is 171 Å². The maximum Gasteiger partial charge on any atom is 0.192 e. The van der Waals surface area contributed by atoms with Crippen molar-refractivity contribution in [3.05, 3.63) is 53.0 Å². The predicted octanol–water partition coefficient (Wildman–Crippen LogP) is 5.98. The highest BCUT2D eigenvalue weighted by molar-refractivity contribution is 8.04. The van der Waals surface area contributed by atoms with E-state index < -0.39 is 0 Å². The molecule has 0 spiro atoms. The van der Waals surface area contributed by atoms with E-state index in [-0.39, 0.29) is 16.6 Å². The number of ketones is 2. The van der Waals surface area contributed by atoms with E-state index in [1.807, 2.05) is 24.3 Å². The van der Waals surface area contributed by atoms with E-state index in [4.69, 9.17) is 0 Å². The van der Waals surface area contributed by atoms with Gasteiger partial charge in [0.15, 0.2) is 5.78 Å². The second-order valence-electron chi connectivity index (χ2n) is 9.54. The van der Waals surface area contributed by atoms with Crippen LogP contribution in [0.2, 0.25) is 0 Å². The van der Waals surface area contributed by atoms with Gasteiger partial charge in [0.1, 0.15) is 5.78 Å². The SMILES string of the molecule is C[C@]12C=CC(=O)C(Sc3ccccc3)=C1CC[C@@H]1[C@@H]2CC[C@]2(C)C(=O)CC[C@@H]12. The molecule has 1 aromatic rings. The number of carbonyl (C=O) groups excluding carboxylic acids is 2. The first-order chi connectivity index (χ1) is 13.4. The largest absolute Gasteiger partial charge is 0.299 e. The van der Waals surface area contributed by atoms with Crippen LogP contribution in [0, 0.1) is 28.6 Å². The molecular weight excluding hydrogens is 364 g/mol. The summed E-state index contributed by atoms with van der Waals surface area (Å²) in [4.78, 5) is 27.5. The quantitative estimate of drug-likeness (QED) is 0.620. The van der Waals surface area contributed by atoms with Gasteiger partial charge in [-0.15, -0.1) is 0 Å². The Morgan fingerprint density at radius 1 is 0.964 bits per heavy atom. The fourth-order valence-electron chi connectivity index (χ4n) is 6.78.